The standard InChI is InChI=1S/C18H20F3N7O2S/c1-5-31(30)11-6-7-12(24-18(29)27(2)3)23-14(11)17-22-10-8-9(13(19)15(20)21)25-26-16(10)28(17)4/h6-8,13,15H,5H2,1-4H3,(H,23,24,29). The molecule has 0 fully saturated rings. The third kappa shape index (κ3) is 4.56. The summed E-state index contributed by atoms with van der Waals surface area (Å²) in [5, 5.41) is 9.96. The fraction of sp³-hybridized carbons (Fsp3) is 0.389. The number of aryl methyl sites for hydroxylation is 1. The Morgan fingerprint density at radius 3 is 2.58 bits per heavy atom. The number of nitrogens with one attached hydrogen (secondary N) is 1. The molecular weight excluding hydrogens is 435 g/mol. The molecule has 3 rings (SSSR count). The Morgan fingerprint density at radius 1 is 1.26 bits per heavy atom. The van der Waals surface area contributed by atoms with E-state index in [2.05, 4.69) is 25.5 Å². The van der Waals surface area contributed by atoms with Crippen LogP contribution in [0.5, 0.6) is 0 Å². The van der Waals surface area contributed by atoms with Gasteiger partial charge in [-0.1, -0.05) is 0 Å². The van der Waals surface area contributed by atoms with Crippen molar-refractivity contribution in [2.75, 3.05) is 25.2 Å². The second-order valence-corrected chi connectivity index (χ2v) is 8.42. The summed E-state index contributed by atoms with van der Waals surface area (Å²) in [6, 6.07) is 3.77. The number of halogens is 3. The first-order chi connectivity index (χ1) is 14.6. The van der Waals surface area contributed by atoms with Crippen LogP contribution in [0, 0.1) is 0 Å². The van der Waals surface area contributed by atoms with Gasteiger partial charge in [-0.2, -0.15) is 5.10 Å². The molecule has 0 aliphatic heterocycles. The van der Waals surface area contributed by atoms with Gasteiger partial charge in [0, 0.05) is 21.1 Å². The SMILES string of the molecule is CC[S+]([O-])c1ccc(NC(=O)N(C)C)nc1-c1nc2cc(C(F)C(F)F)nnc2n1C. The maximum absolute atomic E-state index is 13.7. The molecule has 13 heteroatoms. The molecule has 0 saturated carbocycles. The smallest absolute Gasteiger partial charge is 0.322 e. The molecule has 3 aromatic heterocycles. The average molecular weight is 455 g/mol. The molecule has 0 saturated heterocycles. The lowest BCUT2D eigenvalue weighted by atomic mass is 10.2. The lowest BCUT2D eigenvalue weighted by Gasteiger charge is -2.15. The van der Waals surface area contributed by atoms with Crippen molar-refractivity contribution in [3.8, 4) is 11.5 Å². The van der Waals surface area contributed by atoms with Crippen molar-refractivity contribution in [1.82, 2.24) is 29.6 Å². The number of carbonyl (C=O) groups is 1. The van der Waals surface area contributed by atoms with Crippen molar-refractivity contribution in [2.45, 2.75) is 24.4 Å². The number of carbonyl (C=O) groups excluding carboxylic acids is 1. The van der Waals surface area contributed by atoms with Gasteiger partial charge in [0.15, 0.2) is 22.1 Å². The van der Waals surface area contributed by atoms with Crippen LogP contribution in [0.4, 0.5) is 23.8 Å². The van der Waals surface area contributed by atoms with Crippen molar-refractivity contribution in [3.05, 3.63) is 23.9 Å². The minimum atomic E-state index is -3.24. The number of rotatable bonds is 6. The molecule has 1 N–H and O–H groups in total. The van der Waals surface area contributed by atoms with E-state index in [-0.39, 0.29) is 28.5 Å². The molecule has 0 aliphatic rings. The highest BCUT2D eigenvalue weighted by molar-refractivity contribution is 7.91. The second-order valence-electron chi connectivity index (χ2n) is 6.71. The number of amides is 2. The quantitative estimate of drug-likeness (QED) is 0.572. The fourth-order valence-electron chi connectivity index (χ4n) is 2.71. The zero-order valence-electron chi connectivity index (χ0n) is 17.1. The molecule has 3 heterocycles. The van der Waals surface area contributed by atoms with Gasteiger partial charge in [0.25, 0.3) is 6.43 Å². The summed E-state index contributed by atoms with van der Waals surface area (Å²) in [5.74, 6) is 0.724. The van der Waals surface area contributed by atoms with Crippen LogP contribution in [-0.4, -0.2) is 66.5 Å². The third-order valence-corrected chi connectivity index (χ3v) is 5.70. The Morgan fingerprint density at radius 2 is 1.97 bits per heavy atom. The largest absolute Gasteiger partial charge is 0.611 e. The lowest BCUT2D eigenvalue weighted by Crippen LogP contribution is -2.27. The van der Waals surface area contributed by atoms with Crippen molar-refractivity contribution >= 4 is 34.2 Å². The number of aromatic nitrogens is 5. The van der Waals surface area contributed by atoms with E-state index in [1.807, 2.05) is 0 Å². The predicted molar refractivity (Wildman–Crippen MR) is 109 cm³/mol. The van der Waals surface area contributed by atoms with Crippen LogP contribution in [-0.2, 0) is 18.2 Å². The molecule has 0 bridgehead atoms. The first-order valence-electron chi connectivity index (χ1n) is 9.14. The van der Waals surface area contributed by atoms with E-state index in [0.29, 0.717) is 10.6 Å². The van der Waals surface area contributed by atoms with Crippen LogP contribution in [0.2, 0.25) is 0 Å². The topological polar surface area (TPSA) is 112 Å². The van der Waals surface area contributed by atoms with Crippen LogP contribution in [0.25, 0.3) is 22.7 Å². The highest BCUT2D eigenvalue weighted by atomic mass is 32.2. The minimum absolute atomic E-state index is 0.128. The Balaban J connectivity index is 2.14. The zero-order valence-corrected chi connectivity index (χ0v) is 18.0. The van der Waals surface area contributed by atoms with Gasteiger partial charge in [0.05, 0.1) is 0 Å². The molecule has 0 radical (unpaired) electrons. The van der Waals surface area contributed by atoms with E-state index in [4.69, 9.17) is 0 Å². The van der Waals surface area contributed by atoms with E-state index in [1.165, 1.54) is 15.5 Å². The van der Waals surface area contributed by atoms with Gasteiger partial charge in [0.1, 0.15) is 22.8 Å². The summed E-state index contributed by atoms with van der Waals surface area (Å²) in [7, 11) is 4.72. The summed E-state index contributed by atoms with van der Waals surface area (Å²) in [6.45, 7) is 1.74. The number of hydrogen-bond donors (Lipinski definition) is 1. The number of urea groups is 1. The van der Waals surface area contributed by atoms with E-state index in [9.17, 15) is 22.5 Å². The van der Waals surface area contributed by atoms with Crippen LogP contribution in [0.15, 0.2) is 23.1 Å². The van der Waals surface area contributed by atoms with Gasteiger partial charge in [0.2, 0.25) is 6.17 Å². The maximum atomic E-state index is 13.7. The Kier molecular flexibility index (Phi) is 6.65. The van der Waals surface area contributed by atoms with E-state index in [0.717, 1.165) is 6.07 Å². The monoisotopic (exact) mass is 455 g/mol. The molecule has 166 valence electrons. The van der Waals surface area contributed by atoms with E-state index < -0.39 is 35.5 Å². The van der Waals surface area contributed by atoms with Crippen LogP contribution >= 0.6 is 0 Å². The number of fused-ring (bicyclic) bond motifs is 1. The number of nitrogens with zero attached hydrogens (tertiary/aromatic N) is 6. The van der Waals surface area contributed by atoms with Gasteiger partial charge in [-0.25, -0.2) is 27.9 Å². The Labute approximate surface area is 178 Å². The molecular formula is C18H20F3N7O2S. The number of alkyl halides is 3. The van der Waals surface area contributed by atoms with Crippen LogP contribution in [0.3, 0.4) is 0 Å². The highest BCUT2D eigenvalue weighted by Crippen LogP contribution is 2.30. The molecule has 2 unspecified atom stereocenters. The van der Waals surface area contributed by atoms with E-state index >= 15 is 0 Å². The van der Waals surface area contributed by atoms with Crippen molar-refractivity contribution in [1.29, 1.82) is 0 Å². The highest BCUT2D eigenvalue weighted by Gasteiger charge is 2.27. The molecule has 31 heavy (non-hydrogen) atoms. The minimum Gasteiger partial charge on any atom is -0.611 e. The van der Waals surface area contributed by atoms with Crippen LogP contribution < -0.4 is 5.32 Å². The fourth-order valence-corrected chi connectivity index (χ4v) is 3.60. The summed E-state index contributed by atoms with van der Waals surface area (Å²) < 4.78 is 53.1. The number of hydrogen-bond acceptors (Lipinski definition) is 6. The Bertz CT molecular complexity index is 1110. The molecule has 2 amide bonds. The lowest BCUT2D eigenvalue weighted by molar-refractivity contribution is 0.0469. The van der Waals surface area contributed by atoms with Gasteiger partial charge in [-0.3, -0.25) is 5.32 Å². The molecule has 0 aromatic carbocycles. The number of anilines is 1. The molecule has 0 spiro atoms. The maximum Gasteiger partial charge on any atom is 0.322 e. The van der Waals surface area contributed by atoms with Crippen molar-refractivity contribution in [3.63, 3.8) is 0 Å². The molecule has 3 aromatic rings. The van der Waals surface area contributed by atoms with Gasteiger partial charge in [-0.05, 0) is 36.3 Å². The third-order valence-electron chi connectivity index (χ3n) is 4.36. The normalized spacial score (nSPS) is 13.5. The summed E-state index contributed by atoms with van der Waals surface area (Å²) in [4.78, 5) is 22.4. The van der Waals surface area contributed by atoms with Crippen LogP contribution in [0.1, 0.15) is 18.8 Å². The second kappa shape index (κ2) is 9.06. The van der Waals surface area contributed by atoms with E-state index in [1.54, 1.807) is 34.1 Å². The summed E-state index contributed by atoms with van der Waals surface area (Å²) in [5.41, 5.74) is 0.00968. The first-order valence-corrected chi connectivity index (χ1v) is 10.5. The Hall–Kier alpha value is -2.93. The average Bonchev–Trinajstić information content (AvgIpc) is 3.08. The first kappa shape index (κ1) is 22.7. The van der Waals surface area contributed by atoms with Crippen molar-refractivity contribution < 1.29 is 22.5 Å². The summed E-state index contributed by atoms with van der Waals surface area (Å²) in [6.07, 6.45) is -5.83. The van der Waals surface area contributed by atoms with Gasteiger partial charge >= 0.3 is 6.03 Å². The van der Waals surface area contributed by atoms with Gasteiger partial charge < -0.3 is 14.0 Å². The van der Waals surface area contributed by atoms with Gasteiger partial charge in [-0.15, -0.1) is 5.10 Å². The molecule has 9 nitrogen and oxygen atoms in total. The van der Waals surface area contributed by atoms with Crippen molar-refractivity contribution in [2.24, 2.45) is 7.05 Å². The number of pyridine rings is 1. The zero-order chi connectivity index (χ0) is 22.9. The summed E-state index contributed by atoms with van der Waals surface area (Å²) >= 11 is -1.41. The molecule has 0 aliphatic carbocycles. The number of imidazole rings is 1. The molecule has 2 atom stereocenters. The predicted octanol–water partition coefficient (Wildman–Crippen LogP) is 2.92.